The van der Waals surface area contributed by atoms with Gasteiger partial charge in [0.2, 0.25) is 0 Å². The first kappa shape index (κ1) is 7.98. The molecule has 0 saturated carbocycles. The summed E-state index contributed by atoms with van der Waals surface area (Å²) in [6, 6.07) is 0. The monoisotopic (exact) mass is 154 g/mol. The van der Waals surface area contributed by atoms with Crippen LogP contribution in [-0.2, 0) is 14.3 Å². The molecular formula is C8H10O3. The Hall–Kier alpha value is -1.12. The first-order valence-electron chi connectivity index (χ1n) is 3.50. The molecule has 0 saturated heterocycles. The van der Waals surface area contributed by atoms with E-state index in [4.69, 9.17) is 0 Å². The van der Waals surface area contributed by atoms with Crippen molar-refractivity contribution < 1.29 is 14.3 Å². The first-order valence-corrected chi connectivity index (χ1v) is 3.50. The zero-order chi connectivity index (χ0) is 8.27. The molecule has 0 aromatic carbocycles. The van der Waals surface area contributed by atoms with E-state index in [1.54, 1.807) is 6.08 Å². The molecule has 60 valence electrons. The van der Waals surface area contributed by atoms with Crippen LogP contribution in [-0.4, -0.2) is 18.9 Å². The molecule has 0 aromatic heterocycles. The van der Waals surface area contributed by atoms with E-state index in [9.17, 15) is 9.59 Å². The summed E-state index contributed by atoms with van der Waals surface area (Å²) < 4.78 is 4.46. The molecule has 3 heteroatoms. The SMILES string of the molecule is COC(=O)C[C@H]1C=CC(=O)C1. The lowest BCUT2D eigenvalue weighted by Gasteiger charge is -2.02. The predicted octanol–water partition coefficient (Wildman–Crippen LogP) is 0.695. The summed E-state index contributed by atoms with van der Waals surface area (Å²) in [5.41, 5.74) is 0. The highest BCUT2D eigenvalue weighted by atomic mass is 16.5. The number of ether oxygens (including phenoxy) is 1. The van der Waals surface area contributed by atoms with Gasteiger partial charge in [0.15, 0.2) is 5.78 Å². The van der Waals surface area contributed by atoms with Crippen LogP contribution in [0.3, 0.4) is 0 Å². The van der Waals surface area contributed by atoms with Crippen LogP contribution in [0.2, 0.25) is 0 Å². The predicted molar refractivity (Wildman–Crippen MR) is 38.9 cm³/mol. The van der Waals surface area contributed by atoms with Crippen LogP contribution in [0.1, 0.15) is 12.8 Å². The van der Waals surface area contributed by atoms with Gasteiger partial charge in [-0.15, -0.1) is 0 Å². The molecule has 0 aliphatic heterocycles. The van der Waals surface area contributed by atoms with Crippen LogP contribution in [0, 0.1) is 5.92 Å². The lowest BCUT2D eigenvalue weighted by atomic mass is 10.1. The molecule has 1 aliphatic carbocycles. The molecule has 0 radical (unpaired) electrons. The van der Waals surface area contributed by atoms with Crippen LogP contribution in [0.4, 0.5) is 0 Å². The Labute approximate surface area is 65.0 Å². The Kier molecular flexibility index (Phi) is 2.41. The molecule has 0 bridgehead atoms. The number of ketones is 1. The average molecular weight is 154 g/mol. The Morgan fingerprint density at radius 3 is 3.00 bits per heavy atom. The Morgan fingerprint density at radius 2 is 2.55 bits per heavy atom. The molecule has 11 heavy (non-hydrogen) atoms. The van der Waals surface area contributed by atoms with Gasteiger partial charge in [-0.05, 0) is 12.0 Å². The second-order valence-electron chi connectivity index (χ2n) is 2.57. The number of rotatable bonds is 2. The van der Waals surface area contributed by atoms with Gasteiger partial charge in [-0.3, -0.25) is 9.59 Å². The third-order valence-electron chi connectivity index (χ3n) is 1.67. The highest BCUT2D eigenvalue weighted by molar-refractivity contribution is 5.92. The second-order valence-corrected chi connectivity index (χ2v) is 2.57. The molecule has 3 nitrogen and oxygen atoms in total. The zero-order valence-corrected chi connectivity index (χ0v) is 6.37. The van der Waals surface area contributed by atoms with E-state index in [1.165, 1.54) is 13.2 Å². The van der Waals surface area contributed by atoms with Crippen molar-refractivity contribution in [3.05, 3.63) is 12.2 Å². The average Bonchev–Trinajstić information content (AvgIpc) is 2.35. The van der Waals surface area contributed by atoms with Crippen molar-refractivity contribution in [1.82, 2.24) is 0 Å². The number of esters is 1. The summed E-state index contributed by atoms with van der Waals surface area (Å²) in [5.74, 6) is -0.0943. The molecule has 0 N–H and O–H groups in total. The van der Waals surface area contributed by atoms with Gasteiger partial charge in [0.1, 0.15) is 0 Å². The van der Waals surface area contributed by atoms with Gasteiger partial charge in [-0.1, -0.05) is 6.08 Å². The number of hydrogen-bond donors (Lipinski definition) is 0. The molecule has 1 rings (SSSR count). The van der Waals surface area contributed by atoms with Crippen LogP contribution in [0.15, 0.2) is 12.2 Å². The fourth-order valence-electron chi connectivity index (χ4n) is 1.08. The normalized spacial score (nSPS) is 22.3. The molecule has 0 spiro atoms. The largest absolute Gasteiger partial charge is 0.469 e. The summed E-state index contributed by atoms with van der Waals surface area (Å²) >= 11 is 0. The van der Waals surface area contributed by atoms with E-state index in [0.29, 0.717) is 12.8 Å². The molecule has 0 fully saturated rings. The van der Waals surface area contributed by atoms with Crippen LogP contribution in [0.25, 0.3) is 0 Å². The van der Waals surface area contributed by atoms with Gasteiger partial charge < -0.3 is 4.74 Å². The molecule has 0 amide bonds. The van der Waals surface area contributed by atoms with Crippen molar-refractivity contribution in [3.63, 3.8) is 0 Å². The fraction of sp³-hybridized carbons (Fsp3) is 0.500. The maximum absolute atomic E-state index is 10.7. The fourth-order valence-corrected chi connectivity index (χ4v) is 1.08. The van der Waals surface area contributed by atoms with Gasteiger partial charge in [0, 0.05) is 6.42 Å². The molecule has 0 aromatic rings. The van der Waals surface area contributed by atoms with Crippen molar-refractivity contribution in [2.24, 2.45) is 5.92 Å². The van der Waals surface area contributed by atoms with E-state index in [-0.39, 0.29) is 17.7 Å². The molecular weight excluding hydrogens is 144 g/mol. The molecule has 1 aliphatic rings. The molecule has 1 atom stereocenters. The number of allylic oxidation sites excluding steroid dienone is 2. The smallest absolute Gasteiger partial charge is 0.306 e. The third kappa shape index (κ3) is 2.18. The highest BCUT2D eigenvalue weighted by Crippen LogP contribution is 2.17. The Bertz CT molecular complexity index is 205. The van der Waals surface area contributed by atoms with Crippen molar-refractivity contribution in [3.8, 4) is 0 Å². The van der Waals surface area contributed by atoms with E-state index < -0.39 is 0 Å². The summed E-state index contributed by atoms with van der Waals surface area (Å²) in [7, 11) is 1.35. The maximum atomic E-state index is 10.7. The van der Waals surface area contributed by atoms with Gasteiger partial charge >= 0.3 is 5.97 Å². The van der Waals surface area contributed by atoms with Gasteiger partial charge in [0.05, 0.1) is 13.5 Å². The van der Waals surface area contributed by atoms with E-state index >= 15 is 0 Å². The summed E-state index contributed by atoms with van der Waals surface area (Å²) in [4.78, 5) is 21.4. The van der Waals surface area contributed by atoms with E-state index in [0.717, 1.165) is 0 Å². The lowest BCUT2D eigenvalue weighted by molar-refractivity contribution is -0.141. The standard InChI is InChI=1S/C8H10O3/c1-11-8(10)5-6-2-3-7(9)4-6/h2-3,6H,4-5H2,1H3/t6-/m0/s1. The van der Waals surface area contributed by atoms with Crippen molar-refractivity contribution >= 4 is 11.8 Å². The number of carbonyl (C=O) groups excluding carboxylic acids is 2. The van der Waals surface area contributed by atoms with Gasteiger partial charge in [-0.2, -0.15) is 0 Å². The quantitative estimate of drug-likeness (QED) is 0.550. The van der Waals surface area contributed by atoms with Crippen molar-refractivity contribution in [2.75, 3.05) is 7.11 Å². The Balaban J connectivity index is 2.35. The van der Waals surface area contributed by atoms with Crippen LogP contribution < -0.4 is 0 Å². The van der Waals surface area contributed by atoms with Crippen molar-refractivity contribution in [2.45, 2.75) is 12.8 Å². The minimum atomic E-state index is -0.255. The highest BCUT2D eigenvalue weighted by Gasteiger charge is 2.18. The third-order valence-corrected chi connectivity index (χ3v) is 1.67. The van der Waals surface area contributed by atoms with E-state index in [1.807, 2.05) is 0 Å². The van der Waals surface area contributed by atoms with Crippen molar-refractivity contribution in [1.29, 1.82) is 0 Å². The van der Waals surface area contributed by atoms with Crippen LogP contribution in [0.5, 0.6) is 0 Å². The number of carbonyl (C=O) groups is 2. The van der Waals surface area contributed by atoms with Gasteiger partial charge in [0.25, 0.3) is 0 Å². The maximum Gasteiger partial charge on any atom is 0.306 e. The summed E-state index contributed by atoms with van der Waals surface area (Å²) in [6.45, 7) is 0. The Morgan fingerprint density at radius 1 is 1.82 bits per heavy atom. The minimum Gasteiger partial charge on any atom is -0.469 e. The summed E-state index contributed by atoms with van der Waals surface area (Å²) in [5, 5.41) is 0. The zero-order valence-electron chi connectivity index (χ0n) is 6.37. The lowest BCUT2D eigenvalue weighted by Crippen LogP contribution is -2.07. The number of methoxy groups -OCH3 is 1. The number of hydrogen-bond acceptors (Lipinski definition) is 3. The minimum absolute atomic E-state index is 0.0648. The molecule has 0 unspecified atom stereocenters. The second kappa shape index (κ2) is 3.32. The first-order chi connectivity index (χ1) is 5.22. The topological polar surface area (TPSA) is 43.4 Å². The van der Waals surface area contributed by atoms with E-state index in [2.05, 4.69) is 4.74 Å². The van der Waals surface area contributed by atoms with Gasteiger partial charge in [-0.25, -0.2) is 0 Å². The molecule has 0 heterocycles. The van der Waals surface area contributed by atoms with Crippen LogP contribution >= 0.6 is 0 Å². The summed E-state index contributed by atoms with van der Waals surface area (Å²) in [6.07, 6.45) is 4.06.